The summed E-state index contributed by atoms with van der Waals surface area (Å²) in [5, 5.41) is 17.8. The molecule has 0 saturated heterocycles. The molecule has 0 amide bonds. The lowest BCUT2D eigenvalue weighted by molar-refractivity contribution is 0.284. The molecule has 0 aliphatic heterocycles. The Hall–Kier alpha value is -1.64. The van der Waals surface area contributed by atoms with Crippen LogP contribution < -0.4 is 0 Å². The van der Waals surface area contributed by atoms with Crippen LogP contribution in [0.4, 0.5) is 0 Å². The minimum absolute atomic E-state index is 0.284. The summed E-state index contributed by atoms with van der Waals surface area (Å²) in [6.45, 7) is 2.81. The van der Waals surface area contributed by atoms with E-state index in [0.29, 0.717) is 5.92 Å². The average Bonchev–Trinajstić information content (AvgIpc) is 2.65. The first-order chi connectivity index (χ1) is 12.3. The molecule has 2 heteroatoms. The normalized spacial score (nSPS) is 11.2. The van der Waals surface area contributed by atoms with Crippen molar-refractivity contribution in [1.82, 2.24) is 0 Å². The zero-order valence-electron chi connectivity index (χ0n) is 15.5. The fraction of sp³-hybridized carbons (Fsp3) is 0.478. The molecule has 136 valence electrons. The Kier molecular flexibility index (Phi) is 8.71. The molecule has 0 bridgehead atoms. The molecule has 0 radical (unpaired) electrons. The van der Waals surface area contributed by atoms with E-state index in [1.165, 1.54) is 22.3 Å². The number of aliphatic hydroxyl groups excluding tert-OH is 2. The van der Waals surface area contributed by atoms with E-state index in [1.807, 2.05) is 0 Å². The largest absolute Gasteiger partial charge is 0.396 e. The summed E-state index contributed by atoms with van der Waals surface area (Å²) in [6, 6.07) is 18.0. The van der Waals surface area contributed by atoms with Crippen LogP contribution in [0.3, 0.4) is 0 Å². The molecule has 0 aromatic heterocycles. The van der Waals surface area contributed by atoms with Crippen molar-refractivity contribution < 1.29 is 10.2 Å². The summed E-state index contributed by atoms with van der Waals surface area (Å²) >= 11 is 0. The Balaban J connectivity index is 2.00. The van der Waals surface area contributed by atoms with Crippen molar-refractivity contribution in [3.05, 3.63) is 70.8 Å². The fourth-order valence-corrected chi connectivity index (χ4v) is 3.38. The van der Waals surface area contributed by atoms with Crippen LogP contribution in [0.5, 0.6) is 0 Å². The molecule has 2 nitrogen and oxygen atoms in total. The van der Waals surface area contributed by atoms with Crippen molar-refractivity contribution in [1.29, 1.82) is 0 Å². The molecule has 0 fully saturated rings. The first kappa shape index (κ1) is 19.7. The van der Waals surface area contributed by atoms with Crippen LogP contribution in [0.15, 0.2) is 48.5 Å². The van der Waals surface area contributed by atoms with Gasteiger partial charge >= 0.3 is 0 Å². The maximum atomic E-state index is 8.89. The maximum Gasteiger partial charge on any atom is 0.0431 e. The molecule has 2 aromatic rings. The quantitative estimate of drug-likeness (QED) is 0.574. The van der Waals surface area contributed by atoms with Crippen molar-refractivity contribution in [2.75, 3.05) is 13.2 Å². The van der Waals surface area contributed by atoms with Gasteiger partial charge in [-0.05, 0) is 67.2 Å². The molecule has 0 saturated carbocycles. The Morgan fingerprint density at radius 3 is 1.36 bits per heavy atom. The van der Waals surface area contributed by atoms with E-state index in [-0.39, 0.29) is 13.2 Å². The van der Waals surface area contributed by atoms with Gasteiger partial charge in [-0.1, -0.05) is 55.5 Å². The molecule has 0 atom stereocenters. The maximum absolute atomic E-state index is 8.89. The lowest BCUT2D eigenvalue weighted by atomic mass is 9.88. The number of rotatable bonds is 11. The number of aliphatic hydroxyl groups is 2. The molecule has 0 spiro atoms. The first-order valence-corrected chi connectivity index (χ1v) is 9.68. The van der Waals surface area contributed by atoms with Crippen LogP contribution in [-0.4, -0.2) is 23.4 Å². The highest BCUT2D eigenvalue weighted by Gasteiger charge is 2.12. The average molecular weight is 341 g/mol. The summed E-state index contributed by atoms with van der Waals surface area (Å²) in [4.78, 5) is 0. The summed E-state index contributed by atoms with van der Waals surface area (Å²) in [5.74, 6) is 0.443. The Labute approximate surface area is 152 Å². The third-order valence-electron chi connectivity index (χ3n) is 4.92. The van der Waals surface area contributed by atoms with Crippen molar-refractivity contribution in [3.8, 4) is 0 Å². The molecule has 0 heterocycles. The predicted molar refractivity (Wildman–Crippen MR) is 105 cm³/mol. The van der Waals surface area contributed by atoms with Gasteiger partial charge in [0, 0.05) is 19.1 Å². The highest BCUT2D eigenvalue weighted by molar-refractivity contribution is 5.35. The SMILES string of the molecule is CCC(c1ccc(CCCCO)cc1)c1ccc(CCCCO)cc1. The molecule has 0 unspecified atom stereocenters. The Morgan fingerprint density at radius 2 is 1.04 bits per heavy atom. The zero-order chi connectivity index (χ0) is 17.9. The molecule has 25 heavy (non-hydrogen) atoms. The number of hydrogen-bond donors (Lipinski definition) is 2. The van der Waals surface area contributed by atoms with Crippen LogP contribution in [-0.2, 0) is 12.8 Å². The fourth-order valence-electron chi connectivity index (χ4n) is 3.38. The van der Waals surface area contributed by atoms with Gasteiger partial charge in [-0.25, -0.2) is 0 Å². The van der Waals surface area contributed by atoms with E-state index >= 15 is 0 Å². The van der Waals surface area contributed by atoms with Gasteiger partial charge in [-0.2, -0.15) is 0 Å². The number of aryl methyl sites for hydroxylation is 2. The molecule has 2 rings (SSSR count). The minimum atomic E-state index is 0.284. The van der Waals surface area contributed by atoms with Crippen molar-refractivity contribution in [3.63, 3.8) is 0 Å². The van der Waals surface area contributed by atoms with Gasteiger partial charge in [0.05, 0.1) is 0 Å². The molecule has 2 aromatic carbocycles. The van der Waals surface area contributed by atoms with Crippen LogP contribution in [0.25, 0.3) is 0 Å². The smallest absolute Gasteiger partial charge is 0.0431 e. The molecular weight excluding hydrogens is 308 g/mol. The highest BCUT2D eigenvalue weighted by Crippen LogP contribution is 2.28. The van der Waals surface area contributed by atoms with Gasteiger partial charge < -0.3 is 10.2 Å². The van der Waals surface area contributed by atoms with E-state index in [9.17, 15) is 0 Å². The predicted octanol–water partition coefficient (Wildman–Crippen LogP) is 4.86. The summed E-state index contributed by atoms with van der Waals surface area (Å²) < 4.78 is 0. The van der Waals surface area contributed by atoms with E-state index < -0.39 is 0 Å². The van der Waals surface area contributed by atoms with E-state index in [4.69, 9.17) is 10.2 Å². The lowest BCUT2D eigenvalue weighted by Crippen LogP contribution is -2.01. The molecule has 0 aliphatic rings. The topological polar surface area (TPSA) is 40.5 Å². The van der Waals surface area contributed by atoms with E-state index in [2.05, 4.69) is 55.5 Å². The molecular formula is C23H32O2. The third-order valence-corrected chi connectivity index (χ3v) is 4.92. The lowest BCUT2D eigenvalue weighted by Gasteiger charge is -2.17. The Bertz CT molecular complexity index is 533. The number of hydrogen-bond acceptors (Lipinski definition) is 2. The monoisotopic (exact) mass is 340 g/mol. The van der Waals surface area contributed by atoms with Gasteiger partial charge in [0.25, 0.3) is 0 Å². The van der Waals surface area contributed by atoms with Crippen molar-refractivity contribution in [2.24, 2.45) is 0 Å². The number of benzene rings is 2. The standard InChI is InChI=1S/C23H32O2/c1-2-23(21-13-9-19(10-14-21)7-3-5-17-24)22-15-11-20(12-16-22)8-4-6-18-25/h9-16,23-25H,2-8,17-18H2,1H3. The van der Waals surface area contributed by atoms with Crippen LogP contribution in [0.1, 0.15) is 67.2 Å². The summed E-state index contributed by atoms with van der Waals surface area (Å²) in [6.07, 6.45) is 7.03. The third kappa shape index (κ3) is 6.30. The van der Waals surface area contributed by atoms with Crippen LogP contribution in [0, 0.1) is 0 Å². The van der Waals surface area contributed by atoms with E-state index in [1.54, 1.807) is 0 Å². The zero-order valence-corrected chi connectivity index (χ0v) is 15.5. The first-order valence-electron chi connectivity index (χ1n) is 9.68. The van der Waals surface area contributed by atoms with Crippen molar-refractivity contribution >= 4 is 0 Å². The second kappa shape index (κ2) is 11.1. The van der Waals surface area contributed by atoms with Gasteiger partial charge in [0.15, 0.2) is 0 Å². The second-order valence-corrected chi connectivity index (χ2v) is 6.81. The van der Waals surface area contributed by atoms with Crippen molar-refractivity contribution in [2.45, 2.75) is 57.8 Å². The highest BCUT2D eigenvalue weighted by atomic mass is 16.3. The van der Waals surface area contributed by atoms with Gasteiger partial charge in [-0.15, -0.1) is 0 Å². The van der Waals surface area contributed by atoms with Gasteiger partial charge in [0.1, 0.15) is 0 Å². The van der Waals surface area contributed by atoms with Crippen LogP contribution in [0.2, 0.25) is 0 Å². The summed E-state index contributed by atoms with van der Waals surface area (Å²) in [7, 11) is 0. The van der Waals surface area contributed by atoms with Gasteiger partial charge in [-0.3, -0.25) is 0 Å². The van der Waals surface area contributed by atoms with E-state index in [0.717, 1.165) is 44.9 Å². The number of unbranched alkanes of at least 4 members (excludes halogenated alkanes) is 2. The molecule has 2 N–H and O–H groups in total. The molecule has 0 aliphatic carbocycles. The van der Waals surface area contributed by atoms with Crippen LogP contribution >= 0.6 is 0 Å². The second-order valence-electron chi connectivity index (χ2n) is 6.81. The minimum Gasteiger partial charge on any atom is -0.396 e. The van der Waals surface area contributed by atoms with Gasteiger partial charge in [0.2, 0.25) is 0 Å². The summed E-state index contributed by atoms with van der Waals surface area (Å²) in [5.41, 5.74) is 5.46. The Morgan fingerprint density at radius 1 is 0.640 bits per heavy atom.